The molecule has 2 heterocycles. The van der Waals surface area contributed by atoms with Crippen LogP contribution in [0.4, 0.5) is 17.5 Å². The largest absolute Gasteiger partial charge is 0.454 e. The molecule has 0 saturated heterocycles. The van der Waals surface area contributed by atoms with Crippen molar-refractivity contribution in [1.29, 1.82) is 0 Å². The molecule has 1 aromatic heterocycles. The lowest BCUT2D eigenvalue weighted by Gasteiger charge is -2.09. The van der Waals surface area contributed by atoms with Gasteiger partial charge in [-0.1, -0.05) is 18.2 Å². The van der Waals surface area contributed by atoms with Crippen molar-refractivity contribution in [2.75, 3.05) is 17.4 Å². The number of ketones is 1. The number of Topliss-reactive ketones (excluding diaryl/α,β-unsaturated/α-hetero) is 1. The second kappa shape index (κ2) is 7.28. The summed E-state index contributed by atoms with van der Waals surface area (Å²) < 4.78 is 10.7. The zero-order valence-corrected chi connectivity index (χ0v) is 14.6. The van der Waals surface area contributed by atoms with Crippen LogP contribution < -0.4 is 20.1 Å². The van der Waals surface area contributed by atoms with Crippen molar-refractivity contribution in [3.05, 3.63) is 59.8 Å². The maximum atomic E-state index is 11.5. The molecule has 0 aliphatic carbocycles. The number of rotatable bonds is 6. The Morgan fingerprint density at radius 3 is 2.93 bits per heavy atom. The lowest BCUT2D eigenvalue weighted by molar-refractivity contribution is 0.101. The maximum absolute atomic E-state index is 11.5. The number of fused-ring (bicyclic) bond motifs is 1. The number of nitrogens with one attached hydrogen (secondary N) is 2. The number of nitrogens with zero attached hydrogens (tertiary/aromatic N) is 3. The summed E-state index contributed by atoms with van der Waals surface area (Å²) in [6.07, 6.45) is 1.55. The third kappa shape index (κ3) is 3.95. The summed E-state index contributed by atoms with van der Waals surface area (Å²) in [6.45, 7) is 2.33. The molecule has 4 rings (SSSR count). The van der Waals surface area contributed by atoms with Crippen LogP contribution in [0.15, 0.2) is 48.7 Å². The van der Waals surface area contributed by atoms with E-state index >= 15 is 0 Å². The lowest BCUT2D eigenvalue weighted by Crippen LogP contribution is -2.06. The normalized spacial score (nSPS) is 11.9. The maximum Gasteiger partial charge on any atom is 0.249 e. The van der Waals surface area contributed by atoms with E-state index < -0.39 is 0 Å². The fourth-order valence-electron chi connectivity index (χ4n) is 2.63. The Bertz CT molecular complexity index is 993. The molecule has 0 saturated carbocycles. The molecule has 2 N–H and O–H groups in total. The van der Waals surface area contributed by atoms with Crippen LogP contribution in [0.3, 0.4) is 0 Å². The SMILES string of the molecule is CC(=O)c1cccc(Nc2nncc(NCc3ccc4c(c3)OCO4)n2)c1. The van der Waals surface area contributed by atoms with Gasteiger partial charge in [-0.3, -0.25) is 4.79 Å². The van der Waals surface area contributed by atoms with E-state index in [1.54, 1.807) is 24.4 Å². The van der Waals surface area contributed by atoms with E-state index in [1.807, 2.05) is 24.3 Å². The number of benzene rings is 2. The summed E-state index contributed by atoms with van der Waals surface area (Å²) in [7, 11) is 0. The minimum atomic E-state index is -0.00293. The van der Waals surface area contributed by atoms with Crippen LogP contribution in [0, 0.1) is 0 Å². The van der Waals surface area contributed by atoms with Gasteiger partial charge in [0.25, 0.3) is 0 Å². The molecule has 27 heavy (non-hydrogen) atoms. The van der Waals surface area contributed by atoms with Crippen LogP contribution in [0.2, 0.25) is 0 Å². The fourth-order valence-corrected chi connectivity index (χ4v) is 2.63. The van der Waals surface area contributed by atoms with Gasteiger partial charge in [0.15, 0.2) is 23.1 Å². The minimum absolute atomic E-state index is 0.00293. The van der Waals surface area contributed by atoms with Gasteiger partial charge in [-0.15, -0.1) is 5.10 Å². The van der Waals surface area contributed by atoms with Gasteiger partial charge in [0, 0.05) is 17.8 Å². The molecule has 8 heteroatoms. The Hall–Kier alpha value is -3.68. The Morgan fingerprint density at radius 2 is 2.04 bits per heavy atom. The quantitative estimate of drug-likeness (QED) is 0.645. The van der Waals surface area contributed by atoms with Gasteiger partial charge >= 0.3 is 0 Å². The zero-order valence-electron chi connectivity index (χ0n) is 14.6. The highest BCUT2D eigenvalue weighted by molar-refractivity contribution is 5.95. The highest BCUT2D eigenvalue weighted by Crippen LogP contribution is 2.32. The summed E-state index contributed by atoms with van der Waals surface area (Å²) in [5, 5.41) is 14.2. The van der Waals surface area contributed by atoms with Crippen molar-refractivity contribution in [3.8, 4) is 11.5 Å². The second-order valence-corrected chi connectivity index (χ2v) is 5.97. The average Bonchev–Trinajstić information content (AvgIpc) is 3.15. The van der Waals surface area contributed by atoms with Crippen molar-refractivity contribution < 1.29 is 14.3 Å². The van der Waals surface area contributed by atoms with Gasteiger partial charge in [-0.2, -0.15) is 10.1 Å². The lowest BCUT2D eigenvalue weighted by atomic mass is 10.1. The van der Waals surface area contributed by atoms with Gasteiger partial charge in [-0.05, 0) is 36.8 Å². The van der Waals surface area contributed by atoms with E-state index in [-0.39, 0.29) is 12.6 Å². The van der Waals surface area contributed by atoms with Gasteiger partial charge in [0.05, 0.1) is 6.20 Å². The minimum Gasteiger partial charge on any atom is -0.454 e. The topological polar surface area (TPSA) is 98.3 Å². The molecular formula is C19H17N5O3. The molecule has 0 bridgehead atoms. The summed E-state index contributed by atoms with van der Waals surface area (Å²) in [5.41, 5.74) is 2.36. The third-order valence-corrected chi connectivity index (χ3v) is 3.99. The van der Waals surface area contributed by atoms with Crippen molar-refractivity contribution in [3.63, 3.8) is 0 Å². The highest BCUT2D eigenvalue weighted by atomic mass is 16.7. The number of ether oxygens (including phenoxy) is 2. The Labute approximate surface area is 155 Å². The van der Waals surface area contributed by atoms with Crippen LogP contribution in [0.1, 0.15) is 22.8 Å². The van der Waals surface area contributed by atoms with Crippen molar-refractivity contribution in [2.24, 2.45) is 0 Å². The summed E-state index contributed by atoms with van der Waals surface area (Å²) in [4.78, 5) is 15.9. The number of carbonyl (C=O) groups excluding carboxylic acids is 1. The molecular weight excluding hydrogens is 346 g/mol. The monoisotopic (exact) mass is 363 g/mol. The summed E-state index contributed by atoms with van der Waals surface area (Å²) >= 11 is 0. The smallest absolute Gasteiger partial charge is 0.249 e. The molecule has 0 radical (unpaired) electrons. The van der Waals surface area contributed by atoms with Gasteiger partial charge in [0.2, 0.25) is 12.7 Å². The standard InChI is InChI=1S/C19H17N5O3/c1-12(25)14-3-2-4-15(8-14)22-19-23-18(10-21-24-19)20-9-13-5-6-16-17(7-13)27-11-26-16/h2-8,10H,9,11H2,1H3,(H2,20,22,23,24). The van der Waals surface area contributed by atoms with Gasteiger partial charge in [0.1, 0.15) is 0 Å². The molecule has 2 aromatic carbocycles. The van der Waals surface area contributed by atoms with E-state index in [1.165, 1.54) is 6.92 Å². The second-order valence-electron chi connectivity index (χ2n) is 5.97. The molecule has 136 valence electrons. The van der Waals surface area contributed by atoms with Crippen molar-refractivity contribution in [1.82, 2.24) is 15.2 Å². The number of hydrogen-bond acceptors (Lipinski definition) is 8. The van der Waals surface area contributed by atoms with Crippen molar-refractivity contribution >= 4 is 23.2 Å². The van der Waals surface area contributed by atoms with Crippen molar-refractivity contribution in [2.45, 2.75) is 13.5 Å². The van der Waals surface area contributed by atoms with E-state index in [9.17, 15) is 4.79 Å². The molecule has 1 aliphatic heterocycles. The first kappa shape index (κ1) is 16.8. The summed E-state index contributed by atoms with van der Waals surface area (Å²) in [5.74, 6) is 2.40. The van der Waals surface area contributed by atoms with E-state index in [0.29, 0.717) is 23.9 Å². The predicted molar refractivity (Wildman–Crippen MR) is 99.4 cm³/mol. The van der Waals surface area contributed by atoms with E-state index in [4.69, 9.17) is 9.47 Å². The number of anilines is 3. The zero-order chi connectivity index (χ0) is 18.6. The third-order valence-electron chi connectivity index (χ3n) is 3.99. The molecule has 8 nitrogen and oxygen atoms in total. The number of hydrogen-bond donors (Lipinski definition) is 2. The molecule has 0 spiro atoms. The molecule has 0 amide bonds. The highest BCUT2D eigenvalue weighted by Gasteiger charge is 2.13. The van der Waals surface area contributed by atoms with Gasteiger partial charge in [-0.25, -0.2) is 0 Å². The van der Waals surface area contributed by atoms with Crippen LogP contribution >= 0.6 is 0 Å². The van der Waals surface area contributed by atoms with Gasteiger partial charge < -0.3 is 20.1 Å². The fraction of sp³-hybridized carbons (Fsp3) is 0.158. The first-order valence-corrected chi connectivity index (χ1v) is 8.37. The van der Waals surface area contributed by atoms with E-state index in [2.05, 4.69) is 25.8 Å². The Balaban J connectivity index is 1.43. The molecule has 0 atom stereocenters. The van der Waals surface area contributed by atoms with Crippen LogP contribution in [0.5, 0.6) is 11.5 Å². The number of aromatic nitrogens is 3. The van der Waals surface area contributed by atoms with Crippen LogP contribution in [-0.4, -0.2) is 27.8 Å². The van der Waals surface area contributed by atoms with Crippen LogP contribution in [0.25, 0.3) is 0 Å². The molecule has 3 aromatic rings. The predicted octanol–water partition coefficient (Wildman–Crippen LogP) is 3.16. The summed E-state index contributed by atoms with van der Waals surface area (Å²) in [6, 6.07) is 12.9. The number of carbonyl (C=O) groups is 1. The molecule has 0 fully saturated rings. The first-order chi connectivity index (χ1) is 13.2. The van der Waals surface area contributed by atoms with Crippen LogP contribution in [-0.2, 0) is 6.54 Å². The first-order valence-electron chi connectivity index (χ1n) is 8.37. The Morgan fingerprint density at radius 1 is 1.15 bits per heavy atom. The molecule has 1 aliphatic rings. The molecule has 0 unspecified atom stereocenters. The van der Waals surface area contributed by atoms with E-state index in [0.717, 1.165) is 22.7 Å². The Kier molecular flexibility index (Phi) is 4.52. The average molecular weight is 363 g/mol.